The Balaban J connectivity index is 1.43. The van der Waals surface area contributed by atoms with Crippen molar-refractivity contribution in [3.63, 3.8) is 0 Å². The predicted octanol–water partition coefficient (Wildman–Crippen LogP) is 8.58. The van der Waals surface area contributed by atoms with Crippen molar-refractivity contribution in [3.05, 3.63) is 132 Å². The SMILES string of the molecule is O=C(Nc1ccccc1)Nc1ccc(-n2c(-c3ccsc3)nc(-c3ccccc3)c2-c2ccccc2)cc1. The van der Waals surface area contributed by atoms with Crippen LogP contribution >= 0.6 is 11.3 Å². The normalized spacial score (nSPS) is 10.7. The molecule has 184 valence electrons. The maximum Gasteiger partial charge on any atom is 0.323 e. The topological polar surface area (TPSA) is 59.0 Å². The highest BCUT2D eigenvalue weighted by molar-refractivity contribution is 7.08. The number of aromatic nitrogens is 2. The van der Waals surface area contributed by atoms with E-state index in [0.717, 1.165) is 45.3 Å². The van der Waals surface area contributed by atoms with E-state index in [-0.39, 0.29) is 6.03 Å². The zero-order valence-electron chi connectivity index (χ0n) is 20.4. The molecule has 5 nitrogen and oxygen atoms in total. The van der Waals surface area contributed by atoms with Gasteiger partial charge < -0.3 is 10.6 Å². The Hall–Kier alpha value is -4.94. The molecule has 0 radical (unpaired) electrons. The molecular formula is C32H24N4OS. The van der Waals surface area contributed by atoms with Crippen LogP contribution < -0.4 is 10.6 Å². The van der Waals surface area contributed by atoms with Crippen molar-refractivity contribution in [1.82, 2.24) is 9.55 Å². The standard InChI is InChI=1S/C32H24N4OS/c37-32(33-26-14-8-3-9-15-26)34-27-16-18-28(19-17-27)36-30(24-12-6-2-7-13-24)29(23-10-4-1-5-11-23)35-31(36)25-20-21-38-22-25/h1-22H,(H2,33,34,37). The van der Waals surface area contributed by atoms with E-state index in [1.54, 1.807) is 11.3 Å². The van der Waals surface area contributed by atoms with E-state index in [1.807, 2.05) is 91.0 Å². The third kappa shape index (κ3) is 4.85. The molecule has 0 atom stereocenters. The fourth-order valence-corrected chi connectivity index (χ4v) is 5.06. The van der Waals surface area contributed by atoms with Crippen molar-refractivity contribution in [2.24, 2.45) is 0 Å². The molecule has 0 aliphatic rings. The monoisotopic (exact) mass is 512 g/mol. The van der Waals surface area contributed by atoms with Crippen molar-refractivity contribution in [2.75, 3.05) is 10.6 Å². The number of benzene rings is 4. The van der Waals surface area contributed by atoms with Crippen LogP contribution in [0.3, 0.4) is 0 Å². The van der Waals surface area contributed by atoms with Gasteiger partial charge in [0.1, 0.15) is 5.82 Å². The summed E-state index contributed by atoms with van der Waals surface area (Å²) >= 11 is 1.65. The Morgan fingerprint density at radius 2 is 1.21 bits per heavy atom. The van der Waals surface area contributed by atoms with Crippen molar-refractivity contribution in [2.45, 2.75) is 0 Å². The molecule has 0 spiro atoms. The number of urea groups is 1. The molecule has 0 bridgehead atoms. The molecule has 2 aromatic heterocycles. The molecule has 2 amide bonds. The van der Waals surface area contributed by atoms with Gasteiger partial charge in [-0.15, -0.1) is 0 Å². The zero-order chi connectivity index (χ0) is 25.7. The number of para-hydroxylation sites is 1. The number of imidazole rings is 1. The van der Waals surface area contributed by atoms with E-state index in [0.29, 0.717) is 5.69 Å². The number of nitrogens with one attached hydrogen (secondary N) is 2. The molecule has 0 aliphatic carbocycles. The van der Waals surface area contributed by atoms with Gasteiger partial charge in [0, 0.05) is 39.1 Å². The van der Waals surface area contributed by atoms with E-state index in [9.17, 15) is 4.79 Å². The van der Waals surface area contributed by atoms with Crippen LogP contribution in [0.1, 0.15) is 0 Å². The largest absolute Gasteiger partial charge is 0.323 e. The number of hydrogen-bond donors (Lipinski definition) is 2. The first-order chi connectivity index (χ1) is 18.8. The minimum atomic E-state index is -0.290. The summed E-state index contributed by atoms with van der Waals surface area (Å²) in [6, 6.07) is 39.6. The first-order valence-corrected chi connectivity index (χ1v) is 13.2. The van der Waals surface area contributed by atoms with Crippen LogP contribution in [0, 0.1) is 0 Å². The lowest BCUT2D eigenvalue weighted by atomic mass is 10.0. The number of anilines is 2. The first-order valence-electron chi connectivity index (χ1n) is 12.3. The molecule has 0 aliphatic heterocycles. The molecule has 0 fully saturated rings. The lowest BCUT2D eigenvalue weighted by Gasteiger charge is -2.14. The van der Waals surface area contributed by atoms with Crippen molar-refractivity contribution < 1.29 is 4.79 Å². The van der Waals surface area contributed by atoms with Crippen molar-refractivity contribution in [1.29, 1.82) is 0 Å². The number of rotatable bonds is 6. The summed E-state index contributed by atoms with van der Waals surface area (Å²) in [5.41, 5.74) is 7.50. The maximum absolute atomic E-state index is 12.5. The second kappa shape index (κ2) is 10.6. The maximum atomic E-state index is 12.5. The molecular weight excluding hydrogens is 488 g/mol. The molecule has 6 aromatic rings. The quantitative estimate of drug-likeness (QED) is 0.235. The van der Waals surface area contributed by atoms with Crippen LogP contribution in [0.5, 0.6) is 0 Å². The van der Waals surface area contributed by atoms with Crippen LogP contribution in [0.25, 0.3) is 39.6 Å². The average molecular weight is 513 g/mol. The van der Waals surface area contributed by atoms with Gasteiger partial charge >= 0.3 is 6.03 Å². The minimum absolute atomic E-state index is 0.290. The highest BCUT2D eigenvalue weighted by Gasteiger charge is 2.22. The highest BCUT2D eigenvalue weighted by atomic mass is 32.1. The second-order valence-electron chi connectivity index (χ2n) is 8.70. The Morgan fingerprint density at radius 1 is 0.632 bits per heavy atom. The Morgan fingerprint density at radius 3 is 1.82 bits per heavy atom. The number of carbonyl (C=O) groups is 1. The summed E-state index contributed by atoms with van der Waals surface area (Å²) in [7, 11) is 0. The number of hydrogen-bond acceptors (Lipinski definition) is 3. The lowest BCUT2D eigenvalue weighted by molar-refractivity contribution is 0.262. The number of thiophene rings is 1. The number of carbonyl (C=O) groups excluding carboxylic acids is 1. The molecule has 4 aromatic carbocycles. The Kier molecular flexibility index (Phi) is 6.53. The summed E-state index contributed by atoms with van der Waals surface area (Å²) in [4.78, 5) is 17.7. The summed E-state index contributed by atoms with van der Waals surface area (Å²) in [6.07, 6.45) is 0. The van der Waals surface area contributed by atoms with E-state index in [2.05, 4.69) is 56.3 Å². The van der Waals surface area contributed by atoms with Gasteiger partial charge in [0.25, 0.3) is 0 Å². The van der Waals surface area contributed by atoms with Gasteiger partial charge in [-0.1, -0.05) is 78.9 Å². The highest BCUT2D eigenvalue weighted by Crippen LogP contribution is 2.39. The molecule has 38 heavy (non-hydrogen) atoms. The molecule has 0 unspecified atom stereocenters. The summed E-state index contributed by atoms with van der Waals surface area (Å²) < 4.78 is 2.20. The Labute approximate surface area is 225 Å². The fourth-order valence-electron chi connectivity index (χ4n) is 4.43. The smallest absolute Gasteiger partial charge is 0.308 e. The molecule has 2 N–H and O–H groups in total. The molecule has 0 saturated heterocycles. The predicted molar refractivity (Wildman–Crippen MR) is 157 cm³/mol. The van der Waals surface area contributed by atoms with Gasteiger partial charge in [0.05, 0.1) is 11.4 Å². The average Bonchev–Trinajstić information content (AvgIpc) is 3.64. The van der Waals surface area contributed by atoms with Gasteiger partial charge in [-0.05, 0) is 47.8 Å². The minimum Gasteiger partial charge on any atom is -0.308 e. The van der Waals surface area contributed by atoms with Crippen LogP contribution in [0.4, 0.5) is 16.2 Å². The van der Waals surface area contributed by atoms with E-state index in [1.165, 1.54) is 0 Å². The summed E-state index contributed by atoms with van der Waals surface area (Å²) in [5.74, 6) is 0.867. The van der Waals surface area contributed by atoms with E-state index in [4.69, 9.17) is 4.98 Å². The first kappa shape index (κ1) is 23.5. The van der Waals surface area contributed by atoms with Gasteiger partial charge in [-0.25, -0.2) is 9.78 Å². The molecule has 0 saturated carbocycles. The van der Waals surface area contributed by atoms with Crippen LogP contribution in [0.15, 0.2) is 132 Å². The zero-order valence-corrected chi connectivity index (χ0v) is 21.2. The van der Waals surface area contributed by atoms with Crippen LogP contribution in [-0.2, 0) is 0 Å². The van der Waals surface area contributed by atoms with Gasteiger partial charge in [-0.3, -0.25) is 4.57 Å². The molecule has 2 heterocycles. The van der Waals surface area contributed by atoms with Crippen molar-refractivity contribution >= 4 is 28.7 Å². The Bertz CT molecular complexity index is 1640. The van der Waals surface area contributed by atoms with Gasteiger partial charge in [0.15, 0.2) is 0 Å². The third-order valence-electron chi connectivity index (χ3n) is 6.17. The second-order valence-corrected chi connectivity index (χ2v) is 9.48. The van der Waals surface area contributed by atoms with E-state index >= 15 is 0 Å². The molecule has 6 heteroatoms. The summed E-state index contributed by atoms with van der Waals surface area (Å²) in [5, 5.41) is 9.95. The number of amides is 2. The van der Waals surface area contributed by atoms with Gasteiger partial charge in [-0.2, -0.15) is 11.3 Å². The van der Waals surface area contributed by atoms with Crippen LogP contribution in [0.2, 0.25) is 0 Å². The van der Waals surface area contributed by atoms with Gasteiger partial charge in [0.2, 0.25) is 0 Å². The van der Waals surface area contributed by atoms with E-state index < -0.39 is 0 Å². The summed E-state index contributed by atoms with van der Waals surface area (Å²) in [6.45, 7) is 0. The van der Waals surface area contributed by atoms with Crippen molar-refractivity contribution in [3.8, 4) is 39.6 Å². The lowest BCUT2D eigenvalue weighted by Crippen LogP contribution is -2.19. The van der Waals surface area contributed by atoms with Crippen LogP contribution in [-0.4, -0.2) is 15.6 Å². The molecule has 6 rings (SSSR count). The fraction of sp³-hybridized carbons (Fsp3) is 0. The number of nitrogens with zero attached hydrogens (tertiary/aromatic N) is 2. The third-order valence-corrected chi connectivity index (χ3v) is 6.85.